The molecule has 0 radical (unpaired) electrons. The second-order valence-corrected chi connectivity index (χ2v) is 4.99. The number of hydrogen-bond donors (Lipinski definition) is 2. The van der Waals surface area contributed by atoms with Gasteiger partial charge in [-0.25, -0.2) is 4.39 Å². The molecule has 0 aliphatic rings. The van der Waals surface area contributed by atoms with Crippen molar-refractivity contribution in [3.63, 3.8) is 0 Å². The number of rotatable bonds is 6. The second kappa shape index (κ2) is 7.55. The molecule has 0 unspecified atom stereocenters. The first-order valence-corrected chi connectivity index (χ1v) is 7.07. The third-order valence-electron chi connectivity index (χ3n) is 3.00. The number of nitrogens with zero attached hydrogens (tertiary/aromatic N) is 1. The summed E-state index contributed by atoms with van der Waals surface area (Å²) in [5, 5.41) is 16.5. The molecule has 0 aliphatic carbocycles. The lowest BCUT2D eigenvalue weighted by molar-refractivity contribution is -0.384. The molecule has 0 spiro atoms. The number of amides is 1. The van der Waals surface area contributed by atoms with E-state index in [-0.39, 0.29) is 30.4 Å². The van der Waals surface area contributed by atoms with Gasteiger partial charge in [0.25, 0.3) is 11.6 Å². The molecule has 23 heavy (non-hydrogen) atoms. The van der Waals surface area contributed by atoms with Crippen LogP contribution in [0, 0.1) is 15.9 Å². The average Bonchev–Trinajstić information content (AvgIpc) is 2.51. The normalized spacial score (nSPS) is 10.2. The Morgan fingerprint density at radius 3 is 2.65 bits per heavy atom. The first-order chi connectivity index (χ1) is 11.0. The van der Waals surface area contributed by atoms with Crippen molar-refractivity contribution >= 4 is 28.9 Å². The van der Waals surface area contributed by atoms with Gasteiger partial charge < -0.3 is 10.6 Å². The van der Waals surface area contributed by atoms with Crippen molar-refractivity contribution in [3.8, 4) is 0 Å². The van der Waals surface area contributed by atoms with Crippen LogP contribution in [0.3, 0.4) is 0 Å². The van der Waals surface area contributed by atoms with Gasteiger partial charge in [0.2, 0.25) is 0 Å². The van der Waals surface area contributed by atoms with Gasteiger partial charge in [0.1, 0.15) is 11.5 Å². The third-order valence-corrected chi connectivity index (χ3v) is 3.33. The molecule has 2 N–H and O–H groups in total. The first-order valence-electron chi connectivity index (χ1n) is 6.69. The van der Waals surface area contributed by atoms with E-state index in [2.05, 4.69) is 10.6 Å². The molecule has 0 atom stereocenters. The molecule has 0 aromatic heterocycles. The van der Waals surface area contributed by atoms with Crippen molar-refractivity contribution in [1.29, 1.82) is 0 Å². The van der Waals surface area contributed by atoms with E-state index in [4.69, 9.17) is 11.6 Å². The van der Waals surface area contributed by atoms with Crippen LogP contribution in [0.5, 0.6) is 0 Å². The van der Waals surface area contributed by atoms with Crippen LogP contribution in [0.4, 0.5) is 15.8 Å². The molecule has 6 nitrogen and oxygen atoms in total. The topological polar surface area (TPSA) is 84.3 Å². The van der Waals surface area contributed by atoms with Crippen molar-refractivity contribution in [3.05, 3.63) is 69.0 Å². The molecule has 2 rings (SSSR count). The number of carbonyl (C=O) groups excluding carboxylic acids is 1. The summed E-state index contributed by atoms with van der Waals surface area (Å²) in [4.78, 5) is 22.2. The SMILES string of the molecule is O=C(NCCNc1cc(F)ccc1[N+](=O)[O-])c1ccccc1Cl. The number of nitrogens with one attached hydrogen (secondary N) is 2. The summed E-state index contributed by atoms with van der Waals surface area (Å²) < 4.78 is 13.2. The molecular formula is C15H13ClFN3O3. The number of halogens is 2. The van der Waals surface area contributed by atoms with Crippen molar-refractivity contribution in [1.82, 2.24) is 5.32 Å². The Balaban J connectivity index is 1.91. The van der Waals surface area contributed by atoms with E-state index in [0.29, 0.717) is 10.6 Å². The van der Waals surface area contributed by atoms with Crippen molar-refractivity contribution in [2.24, 2.45) is 0 Å². The minimum absolute atomic E-state index is 0.0574. The quantitative estimate of drug-likeness (QED) is 0.481. The zero-order valence-electron chi connectivity index (χ0n) is 11.9. The predicted octanol–water partition coefficient (Wildman–Crippen LogP) is 3.23. The monoisotopic (exact) mass is 337 g/mol. The summed E-state index contributed by atoms with van der Waals surface area (Å²) in [6.45, 7) is 0.387. The van der Waals surface area contributed by atoms with Crippen LogP contribution in [0.15, 0.2) is 42.5 Å². The molecule has 0 bridgehead atoms. The maximum Gasteiger partial charge on any atom is 0.292 e. The van der Waals surface area contributed by atoms with E-state index < -0.39 is 10.7 Å². The molecule has 2 aromatic rings. The number of benzene rings is 2. The lowest BCUT2D eigenvalue weighted by Crippen LogP contribution is -2.29. The summed E-state index contributed by atoms with van der Waals surface area (Å²) in [6.07, 6.45) is 0. The Kier molecular flexibility index (Phi) is 5.48. The number of nitro groups is 1. The third kappa shape index (κ3) is 4.40. The highest BCUT2D eigenvalue weighted by molar-refractivity contribution is 6.33. The molecule has 0 saturated carbocycles. The Morgan fingerprint density at radius 1 is 1.22 bits per heavy atom. The fourth-order valence-electron chi connectivity index (χ4n) is 1.92. The highest BCUT2D eigenvalue weighted by atomic mass is 35.5. The van der Waals surface area contributed by atoms with Gasteiger partial charge in [-0.2, -0.15) is 0 Å². The van der Waals surface area contributed by atoms with Crippen LogP contribution in [0.25, 0.3) is 0 Å². The van der Waals surface area contributed by atoms with Gasteiger partial charge in [0.15, 0.2) is 0 Å². The van der Waals surface area contributed by atoms with Gasteiger partial charge >= 0.3 is 0 Å². The van der Waals surface area contributed by atoms with E-state index in [1.54, 1.807) is 24.3 Å². The molecule has 0 saturated heterocycles. The molecular weight excluding hydrogens is 325 g/mol. The maximum atomic E-state index is 13.2. The standard InChI is InChI=1S/C15H13ClFN3O3/c16-12-4-2-1-3-11(12)15(21)19-8-7-18-13-9-10(17)5-6-14(13)20(22)23/h1-6,9,18H,7-8H2,(H,19,21). The minimum Gasteiger partial charge on any atom is -0.378 e. The van der Waals surface area contributed by atoms with Crippen LogP contribution in [0.2, 0.25) is 5.02 Å². The zero-order valence-corrected chi connectivity index (χ0v) is 12.6. The summed E-state index contributed by atoms with van der Waals surface area (Å²) in [6, 6.07) is 9.72. The Bertz CT molecular complexity index is 740. The lowest BCUT2D eigenvalue weighted by atomic mass is 10.2. The van der Waals surface area contributed by atoms with Crippen LogP contribution in [-0.2, 0) is 0 Å². The highest BCUT2D eigenvalue weighted by Gasteiger charge is 2.14. The molecule has 0 aliphatic heterocycles. The van der Waals surface area contributed by atoms with Gasteiger partial charge in [0, 0.05) is 25.2 Å². The van der Waals surface area contributed by atoms with Crippen molar-refractivity contribution < 1.29 is 14.1 Å². The van der Waals surface area contributed by atoms with Crippen LogP contribution >= 0.6 is 11.6 Å². The summed E-state index contributed by atoms with van der Waals surface area (Å²) in [7, 11) is 0. The highest BCUT2D eigenvalue weighted by Crippen LogP contribution is 2.24. The largest absolute Gasteiger partial charge is 0.378 e. The van der Waals surface area contributed by atoms with Gasteiger partial charge in [-0.05, 0) is 18.2 Å². The van der Waals surface area contributed by atoms with Crippen LogP contribution < -0.4 is 10.6 Å². The Hall–Kier alpha value is -2.67. The lowest BCUT2D eigenvalue weighted by Gasteiger charge is -2.09. The summed E-state index contributed by atoms with van der Waals surface area (Å²) in [5.74, 6) is -0.940. The molecule has 120 valence electrons. The van der Waals surface area contributed by atoms with E-state index >= 15 is 0 Å². The van der Waals surface area contributed by atoms with Crippen LogP contribution in [-0.4, -0.2) is 23.9 Å². The number of carbonyl (C=O) groups is 1. The number of hydrogen-bond acceptors (Lipinski definition) is 4. The second-order valence-electron chi connectivity index (χ2n) is 4.58. The molecule has 2 aromatic carbocycles. The Labute approximate surface area is 136 Å². The smallest absolute Gasteiger partial charge is 0.292 e. The zero-order chi connectivity index (χ0) is 16.8. The molecule has 1 amide bonds. The van der Waals surface area contributed by atoms with Gasteiger partial charge in [-0.1, -0.05) is 23.7 Å². The summed E-state index contributed by atoms with van der Waals surface area (Å²) in [5.41, 5.74) is 0.164. The van der Waals surface area contributed by atoms with Gasteiger partial charge in [-0.15, -0.1) is 0 Å². The molecule has 8 heteroatoms. The summed E-state index contributed by atoms with van der Waals surface area (Å²) >= 11 is 5.91. The predicted molar refractivity (Wildman–Crippen MR) is 85.3 cm³/mol. The van der Waals surface area contributed by atoms with E-state index in [0.717, 1.165) is 18.2 Å². The number of anilines is 1. The van der Waals surface area contributed by atoms with Crippen molar-refractivity contribution in [2.75, 3.05) is 18.4 Å². The van der Waals surface area contributed by atoms with Gasteiger partial charge in [-0.3, -0.25) is 14.9 Å². The number of nitro benzene ring substituents is 1. The fourth-order valence-corrected chi connectivity index (χ4v) is 2.14. The molecule has 0 fully saturated rings. The average molecular weight is 338 g/mol. The van der Waals surface area contributed by atoms with E-state index in [9.17, 15) is 19.3 Å². The Morgan fingerprint density at radius 2 is 1.96 bits per heavy atom. The maximum absolute atomic E-state index is 13.2. The van der Waals surface area contributed by atoms with E-state index in [1.165, 1.54) is 0 Å². The molecule has 0 heterocycles. The first kappa shape index (κ1) is 16.7. The van der Waals surface area contributed by atoms with Gasteiger partial charge in [0.05, 0.1) is 15.5 Å². The fraction of sp³-hybridized carbons (Fsp3) is 0.133. The van der Waals surface area contributed by atoms with E-state index in [1.807, 2.05) is 0 Å². The van der Waals surface area contributed by atoms with Crippen LogP contribution in [0.1, 0.15) is 10.4 Å². The minimum atomic E-state index is -0.607. The van der Waals surface area contributed by atoms with Crippen molar-refractivity contribution in [2.45, 2.75) is 0 Å².